The molecule has 1 aliphatic heterocycles. The summed E-state index contributed by atoms with van der Waals surface area (Å²) in [5.41, 5.74) is 0.446. The van der Waals surface area contributed by atoms with Gasteiger partial charge in [-0.1, -0.05) is 0 Å². The Morgan fingerprint density at radius 1 is 1.45 bits per heavy atom. The van der Waals surface area contributed by atoms with E-state index in [0.717, 1.165) is 0 Å². The lowest BCUT2D eigenvalue weighted by molar-refractivity contribution is -0.138. The molecule has 0 spiro atoms. The Labute approximate surface area is 114 Å². The van der Waals surface area contributed by atoms with Gasteiger partial charge in [0.2, 0.25) is 0 Å². The second-order valence-electron chi connectivity index (χ2n) is 4.15. The van der Waals surface area contributed by atoms with E-state index in [0.29, 0.717) is 5.69 Å². The summed E-state index contributed by atoms with van der Waals surface area (Å²) < 4.78 is 17.7. The van der Waals surface area contributed by atoms with Crippen LogP contribution in [0.1, 0.15) is 13.3 Å². The third-order valence-corrected chi connectivity index (χ3v) is 2.80. The molecular formula is C13H13FN2O4. The van der Waals surface area contributed by atoms with Gasteiger partial charge in [0.05, 0.1) is 12.3 Å². The van der Waals surface area contributed by atoms with Crippen LogP contribution in [0.5, 0.6) is 0 Å². The van der Waals surface area contributed by atoms with Gasteiger partial charge in [-0.15, -0.1) is 0 Å². The van der Waals surface area contributed by atoms with E-state index < -0.39 is 23.8 Å². The van der Waals surface area contributed by atoms with Gasteiger partial charge in [-0.3, -0.25) is 5.01 Å². The van der Waals surface area contributed by atoms with E-state index in [1.54, 1.807) is 6.92 Å². The summed E-state index contributed by atoms with van der Waals surface area (Å²) in [6.07, 6.45) is -0.0501. The van der Waals surface area contributed by atoms with Crippen LogP contribution in [-0.2, 0) is 14.3 Å². The van der Waals surface area contributed by atoms with Gasteiger partial charge >= 0.3 is 11.9 Å². The van der Waals surface area contributed by atoms with Crippen molar-refractivity contribution in [1.29, 1.82) is 0 Å². The number of carbonyl (C=O) groups excluding carboxylic acids is 1. The molecule has 0 bridgehead atoms. The lowest BCUT2D eigenvalue weighted by Crippen LogP contribution is -2.34. The van der Waals surface area contributed by atoms with E-state index in [2.05, 4.69) is 5.10 Å². The molecule has 0 fully saturated rings. The average molecular weight is 280 g/mol. The smallest absolute Gasteiger partial charge is 0.354 e. The molecule has 106 valence electrons. The van der Waals surface area contributed by atoms with E-state index in [4.69, 9.17) is 4.74 Å². The molecule has 0 aliphatic carbocycles. The fourth-order valence-electron chi connectivity index (χ4n) is 1.87. The molecule has 1 aromatic carbocycles. The first kappa shape index (κ1) is 14.0. The molecule has 0 saturated carbocycles. The number of aliphatic carboxylic acids is 1. The largest absolute Gasteiger partial charge is 0.480 e. The number of ether oxygens (including phenoxy) is 1. The number of benzene rings is 1. The van der Waals surface area contributed by atoms with Gasteiger partial charge in [0.25, 0.3) is 0 Å². The van der Waals surface area contributed by atoms with Crippen molar-refractivity contribution in [3.05, 3.63) is 30.1 Å². The fraction of sp³-hybridized carbons (Fsp3) is 0.308. The second kappa shape index (κ2) is 5.68. The molecule has 1 aromatic rings. The average Bonchev–Trinajstić information content (AvgIpc) is 2.85. The molecule has 0 amide bonds. The quantitative estimate of drug-likeness (QED) is 0.843. The van der Waals surface area contributed by atoms with Crippen LogP contribution < -0.4 is 5.01 Å². The summed E-state index contributed by atoms with van der Waals surface area (Å²) in [5.74, 6) is -2.19. The van der Waals surface area contributed by atoms with Crippen molar-refractivity contribution in [2.45, 2.75) is 19.4 Å². The molecule has 20 heavy (non-hydrogen) atoms. The van der Waals surface area contributed by atoms with Gasteiger partial charge < -0.3 is 9.84 Å². The number of nitrogens with zero attached hydrogens (tertiary/aromatic N) is 2. The molecule has 0 saturated heterocycles. The van der Waals surface area contributed by atoms with Gasteiger partial charge in [-0.25, -0.2) is 14.0 Å². The summed E-state index contributed by atoms with van der Waals surface area (Å²) in [7, 11) is 0. The summed E-state index contributed by atoms with van der Waals surface area (Å²) in [5, 5.41) is 14.4. The minimum atomic E-state index is -1.11. The zero-order chi connectivity index (χ0) is 14.7. The zero-order valence-electron chi connectivity index (χ0n) is 10.7. The molecular weight excluding hydrogens is 267 g/mol. The third kappa shape index (κ3) is 2.76. The fourth-order valence-corrected chi connectivity index (χ4v) is 1.87. The Morgan fingerprint density at radius 3 is 2.65 bits per heavy atom. The molecule has 0 aromatic heterocycles. The minimum absolute atomic E-state index is 0.0450. The third-order valence-electron chi connectivity index (χ3n) is 2.80. The minimum Gasteiger partial charge on any atom is -0.480 e. The summed E-state index contributed by atoms with van der Waals surface area (Å²) in [6, 6.07) is 4.21. The maximum Gasteiger partial charge on any atom is 0.354 e. The number of esters is 1. The van der Waals surface area contributed by atoms with Crippen molar-refractivity contribution in [2.24, 2.45) is 5.10 Å². The standard InChI is InChI=1S/C13H13FN2O4/c1-2-20-13(19)10-7-11(12(17)18)16(15-10)9-5-3-8(14)4-6-9/h3-6,11H,2,7H2,1H3,(H,17,18)/t11-/m1/s1. The van der Waals surface area contributed by atoms with Crippen LogP contribution in [0.4, 0.5) is 10.1 Å². The van der Waals surface area contributed by atoms with Crippen LogP contribution in [-0.4, -0.2) is 35.4 Å². The summed E-state index contributed by atoms with van der Waals surface area (Å²) in [4.78, 5) is 22.8. The maximum absolute atomic E-state index is 12.9. The molecule has 2 rings (SSSR count). The first-order valence-corrected chi connectivity index (χ1v) is 6.05. The molecule has 1 heterocycles. The zero-order valence-corrected chi connectivity index (χ0v) is 10.7. The molecule has 0 unspecified atom stereocenters. The summed E-state index contributed by atoms with van der Waals surface area (Å²) in [6.45, 7) is 1.84. The van der Waals surface area contributed by atoms with Crippen molar-refractivity contribution in [2.75, 3.05) is 11.6 Å². The first-order chi connectivity index (χ1) is 9.52. The van der Waals surface area contributed by atoms with Crippen molar-refractivity contribution in [3.63, 3.8) is 0 Å². The van der Waals surface area contributed by atoms with Gasteiger partial charge in [0.1, 0.15) is 11.5 Å². The van der Waals surface area contributed by atoms with E-state index >= 15 is 0 Å². The Kier molecular flexibility index (Phi) is 3.97. The van der Waals surface area contributed by atoms with Crippen LogP contribution in [0, 0.1) is 5.82 Å². The van der Waals surface area contributed by atoms with Gasteiger partial charge in [-0.2, -0.15) is 5.10 Å². The predicted molar refractivity (Wildman–Crippen MR) is 69.0 cm³/mol. The monoisotopic (exact) mass is 280 g/mol. The first-order valence-electron chi connectivity index (χ1n) is 6.05. The lowest BCUT2D eigenvalue weighted by atomic mass is 10.1. The summed E-state index contributed by atoms with van der Waals surface area (Å²) >= 11 is 0. The number of halogens is 1. The number of carboxylic acids is 1. The Morgan fingerprint density at radius 2 is 2.10 bits per heavy atom. The number of anilines is 1. The Bertz CT molecular complexity index is 556. The molecule has 0 radical (unpaired) electrons. The van der Waals surface area contributed by atoms with Crippen LogP contribution in [0.25, 0.3) is 0 Å². The Hall–Kier alpha value is -2.44. The van der Waals surface area contributed by atoms with E-state index in [9.17, 15) is 19.1 Å². The lowest BCUT2D eigenvalue weighted by Gasteiger charge is -2.19. The van der Waals surface area contributed by atoms with Crippen LogP contribution in [0.2, 0.25) is 0 Å². The second-order valence-corrected chi connectivity index (χ2v) is 4.15. The van der Waals surface area contributed by atoms with Crippen LogP contribution in [0.3, 0.4) is 0 Å². The highest BCUT2D eigenvalue weighted by atomic mass is 19.1. The van der Waals surface area contributed by atoms with Gasteiger partial charge in [0, 0.05) is 6.42 Å². The van der Waals surface area contributed by atoms with E-state index in [1.165, 1.54) is 29.3 Å². The van der Waals surface area contributed by atoms with Crippen LogP contribution >= 0.6 is 0 Å². The van der Waals surface area contributed by atoms with Gasteiger partial charge in [0.15, 0.2) is 6.04 Å². The van der Waals surface area contributed by atoms with Crippen LogP contribution in [0.15, 0.2) is 29.4 Å². The van der Waals surface area contributed by atoms with E-state index in [-0.39, 0.29) is 18.7 Å². The molecule has 1 aliphatic rings. The SMILES string of the molecule is CCOC(=O)C1=NN(c2ccc(F)cc2)[C@@H](C(=O)O)C1. The van der Waals surface area contributed by atoms with Crippen molar-refractivity contribution in [1.82, 2.24) is 0 Å². The van der Waals surface area contributed by atoms with E-state index in [1.807, 2.05) is 0 Å². The Balaban J connectivity index is 2.29. The highest BCUT2D eigenvalue weighted by Gasteiger charge is 2.36. The number of hydrogen-bond acceptors (Lipinski definition) is 5. The number of hydrogen-bond donors (Lipinski definition) is 1. The molecule has 7 heteroatoms. The highest BCUT2D eigenvalue weighted by Crippen LogP contribution is 2.25. The highest BCUT2D eigenvalue weighted by molar-refractivity contribution is 6.38. The van der Waals surface area contributed by atoms with Crippen molar-refractivity contribution < 1.29 is 23.8 Å². The molecule has 1 N–H and O–H groups in total. The number of carbonyl (C=O) groups is 2. The number of rotatable bonds is 4. The number of carboxylic acid groups (broad SMARTS) is 1. The molecule has 1 atom stereocenters. The molecule has 6 nitrogen and oxygen atoms in total. The topological polar surface area (TPSA) is 79.2 Å². The van der Waals surface area contributed by atoms with Crippen molar-refractivity contribution in [3.8, 4) is 0 Å². The van der Waals surface area contributed by atoms with Gasteiger partial charge in [-0.05, 0) is 31.2 Å². The number of hydrazone groups is 1. The predicted octanol–water partition coefficient (Wildman–Crippen LogP) is 1.41. The van der Waals surface area contributed by atoms with Crippen molar-refractivity contribution >= 4 is 23.3 Å². The maximum atomic E-state index is 12.9. The normalized spacial score (nSPS) is 17.8.